The Labute approximate surface area is 175 Å². The topological polar surface area (TPSA) is 30.9 Å². The minimum atomic E-state index is 0. The number of guanidine groups is 1. The van der Waals surface area contributed by atoms with Crippen LogP contribution >= 0.6 is 47.1 Å². The van der Waals surface area contributed by atoms with Crippen LogP contribution in [0.15, 0.2) is 51.7 Å². The van der Waals surface area contributed by atoms with Crippen LogP contribution < -0.4 is 10.2 Å². The second-order valence-electron chi connectivity index (χ2n) is 5.67. The van der Waals surface area contributed by atoms with Gasteiger partial charge in [0.2, 0.25) is 0 Å². The molecule has 1 aliphatic rings. The van der Waals surface area contributed by atoms with Gasteiger partial charge in [0.25, 0.3) is 0 Å². The molecule has 1 aliphatic heterocycles. The van der Waals surface area contributed by atoms with Crippen molar-refractivity contribution in [1.82, 2.24) is 10.2 Å². The van der Waals surface area contributed by atoms with Crippen molar-refractivity contribution in [1.29, 1.82) is 0 Å². The molecule has 3 rings (SSSR count). The van der Waals surface area contributed by atoms with E-state index in [-0.39, 0.29) is 24.0 Å². The van der Waals surface area contributed by atoms with Crippen molar-refractivity contribution < 1.29 is 0 Å². The lowest BCUT2D eigenvalue weighted by Gasteiger charge is -2.37. The van der Waals surface area contributed by atoms with Gasteiger partial charge in [0.1, 0.15) is 0 Å². The van der Waals surface area contributed by atoms with Gasteiger partial charge in [0, 0.05) is 44.7 Å². The lowest BCUT2D eigenvalue weighted by Crippen LogP contribution is -2.52. The van der Waals surface area contributed by atoms with Crippen LogP contribution in [0.25, 0.3) is 0 Å². The molecule has 1 saturated heterocycles. The number of rotatable bonds is 4. The zero-order chi connectivity index (χ0) is 16.8. The molecule has 0 atom stereocenters. The van der Waals surface area contributed by atoms with Crippen molar-refractivity contribution in [2.45, 2.75) is 11.4 Å². The van der Waals surface area contributed by atoms with E-state index in [1.165, 1.54) is 15.5 Å². The van der Waals surface area contributed by atoms with Gasteiger partial charge in [-0.1, -0.05) is 12.1 Å². The number of hydrogen-bond acceptors (Lipinski definition) is 4. The molecule has 4 nitrogen and oxygen atoms in total. The molecule has 0 spiro atoms. The summed E-state index contributed by atoms with van der Waals surface area (Å²) < 4.78 is 0. The molecule has 0 aliphatic carbocycles. The lowest BCUT2D eigenvalue weighted by atomic mass is 10.2. The first-order chi connectivity index (χ1) is 11.8. The van der Waals surface area contributed by atoms with Gasteiger partial charge in [0.05, 0.1) is 5.00 Å². The zero-order valence-electron chi connectivity index (χ0n) is 14.6. The average Bonchev–Trinajstić information content (AvgIpc) is 3.18. The summed E-state index contributed by atoms with van der Waals surface area (Å²) >= 11 is 3.59. The molecule has 2 aromatic rings. The number of halogens is 1. The maximum atomic E-state index is 4.46. The highest BCUT2D eigenvalue weighted by molar-refractivity contribution is 14.0. The lowest BCUT2D eigenvalue weighted by molar-refractivity contribution is 0.373. The smallest absolute Gasteiger partial charge is 0.194 e. The summed E-state index contributed by atoms with van der Waals surface area (Å²) in [4.78, 5) is 10.6. The molecule has 25 heavy (non-hydrogen) atoms. The Balaban J connectivity index is 0.00000225. The minimum absolute atomic E-state index is 0. The van der Waals surface area contributed by atoms with Crippen LogP contribution in [0, 0.1) is 0 Å². The molecule has 1 aromatic carbocycles. The first kappa shape index (κ1) is 20.4. The largest absolute Gasteiger partial charge is 0.360 e. The van der Waals surface area contributed by atoms with Crippen molar-refractivity contribution in [3.63, 3.8) is 0 Å². The Morgan fingerprint density at radius 2 is 1.88 bits per heavy atom. The third-order valence-electron chi connectivity index (χ3n) is 4.22. The van der Waals surface area contributed by atoms with Gasteiger partial charge < -0.3 is 15.1 Å². The summed E-state index contributed by atoms with van der Waals surface area (Å²) in [6.07, 6.45) is 2.10. The summed E-state index contributed by atoms with van der Waals surface area (Å²) in [6, 6.07) is 13.0. The molecule has 1 aromatic heterocycles. The van der Waals surface area contributed by atoms with Gasteiger partial charge in [-0.2, -0.15) is 0 Å². The quantitative estimate of drug-likeness (QED) is 0.305. The second-order valence-corrected chi connectivity index (χ2v) is 7.48. The van der Waals surface area contributed by atoms with Crippen LogP contribution in [0.1, 0.15) is 5.56 Å². The Hall–Kier alpha value is -0.930. The summed E-state index contributed by atoms with van der Waals surface area (Å²) in [6.45, 7) is 4.91. The Morgan fingerprint density at radius 1 is 1.16 bits per heavy atom. The monoisotopic (exact) mass is 488 g/mol. The fourth-order valence-corrected chi connectivity index (χ4v) is 4.04. The summed E-state index contributed by atoms with van der Waals surface area (Å²) in [5, 5.41) is 7.01. The fourth-order valence-electron chi connectivity index (χ4n) is 2.85. The highest BCUT2D eigenvalue weighted by Gasteiger charge is 2.20. The highest BCUT2D eigenvalue weighted by atomic mass is 127. The molecule has 0 saturated carbocycles. The maximum absolute atomic E-state index is 4.46. The third kappa shape index (κ3) is 5.52. The standard InChI is InChI=1S/C18H24N4S2.HI/c1-19-18(20-14-15-5-7-16(23-2)8-6-15)22-11-9-21(10-12-22)17-4-3-13-24-17;/h3-8,13H,9-12,14H2,1-2H3,(H,19,20);1H. The highest BCUT2D eigenvalue weighted by Crippen LogP contribution is 2.22. The fraction of sp³-hybridized carbons (Fsp3) is 0.389. The molecule has 0 radical (unpaired) electrons. The van der Waals surface area contributed by atoms with Gasteiger partial charge in [-0.15, -0.1) is 47.1 Å². The van der Waals surface area contributed by atoms with Crippen LogP contribution in [0.5, 0.6) is 0 Å². The van der Waals surface area contributed by atoms with E-state index in [9.17, 15) is 0 Å². The molecular weight excluding hydrogens is 463 g/mol. The van der Waals surface area contributed by atoms with E-state index in [0.29, 0.717) is 0 Å². The van der Waals surface area contributed by atoms with Crippen molar-refractivity contribution >= 4 is 58.0 Å². The van der Waals surface area contributed by atoms with Crippen LogP contribution in [0.4, 0.5) is 5.00 Å². The van der Waals surface area contributed by atoms with Crippen molar-refractivity contribution in [2.75, 3.05) is 44.4 Å². The van der Waals surface area contributed by atoms with Crippen molar-refractivity contribution in [3.05, 3.63) is 47.3 Å². The predicted molar refractivity (Wildman–Crippen MR) is 122 cm³/mol. The number of hydrogen-bond donors (Lipinski definition) is 1. The van der Waals surface area contributed by atoms with Crippen molar-refractivity contribution in [3.8, 4) is 0 Å². The van der Waals surface area contributed by atoms with Crippen LogP contribution in [0.2, 0.25) is 0 Å². The number of benzene rings is 1. The summed E-state index contributed by atoms with van der Waals surface area (Å²) in [7, 11) is 1.87. The van der Waals surface area contributed by atoms with Crippen LogP contribution in [-0.2, 0) is 6.54 Å². The Bertz CT molecular complexity index is 650. The van der Waals surface area contributed by atoms with Gasteiger partial charge in [-0.3, -0.25) is 4.99 Å². The maximum Gasteiger partial charge on any atom is 0.194 e. The number of thioether (sulfide) groups is 1. The van der Waals surface area contributed by atoms with E-state index < -0.39 is 0 Å². The molecule has 0 amide bonds. The molecule has 2 heterocycles. The normalized spacial score (nSPS) is 15.0. The predicted octanol–water partition coefficient (Wildman–Crippen LogP) is 3.99. The number of anilines is 1. The molecular formula is C18H25IN4S2. The average molecular weight is 488 g/mol. The molecule has 1 N–H and O–H groups in total. The molecule has 0 unspecified atom stereocenters. The van der Waals surface area contributed by atoms with E-state index in [1.807, 2.05) is 18.4 Å². The summed E-state index contributed by atoms with van der Waals surface area (Å²) in [5.41, 5.74) is 1.28. The Kier molecular flexibility index (Phi) is 8.38. The van der Waals surface area contributed by atoms with E-state index in [1.54, 1.807) is 11.8 Å². The second kappa shape index (κ2) is 10.3. The molecule has 7 heteroatoms. The van der Waals surface area contributed by atoms with Gasteiger partial charge in [-0.25, -0.2) is 0 Å². The first-order valence-corrected chi connectivity index (χ1v) is 10.3. The van der Waals surface area contributed by atoms with E-state index in [0.717, 1.165) is 38.7 Å². The SMILES string of the molecule is CN=C(NCc1ccc(SC)cc1)N1CCN(c2cccs2)CC1.I. The van der Waals surface area contributed by atoms with Crippen molar-refractivity contribution in [2.24, 2.45) is 4.99 Å². The minimum Gasteiger partial charge on any atom is -0.360 e. The summed E-state index contributed by atoms with van der Waals surface area (Å²) in [5.74, 6) is 0.995. The first-order valence-electron chi connectivity index (χ1n) is 8.17. The number of nitrogens with one attached hydrogen (secondary N) is 1. The molecule has 0 bridgehead atoms. The van der Waals surface area contributed by atoms with Gasteiger partial charge >= 0.3 is 0 Å². The number of thiophene rings is 1. The van der Waals surface area contributed by atoms with Crippen LogP contribution in [0.3, 0.4) is 0 Å². The van der Waals surface area contributed by atoms with Gasteiger partial charge in [0.15, 0.2) is 5.96 Å². The Morgan fingerprint density at radius 3 is 2.44 bits per heavy atom. The molecule has 1 fully saturated rings. The van der Waals surface area contributed by atoms with E-state index in [4.69, 9.17) is 0 Å². The van der Waals surface area contributed by atoms with Gasteiger partial charge in [-0.05, 0) is 41.5 Å². The number of nitrogens with zero attached hydrogens (tertiary/aromatic N) is 3. The van der Waals surface area contributed by atoms with E-state index >= 15 is 0 Å². The number of aliphatic imine (C=N–C) groups is 1. The van der Waals surface area contributed by atoms with Crippen LogP contribution in [-0.4, -0.2) is 50.3 Å². The zero-order valence-corrected chi connectivity index (χ0v) is 18.6. The third-order valence-corrected chi connectivity index (χ3v) is 5.89. The molecule has 136 valence electrons. The number of piperazine rings is 1. The van der Waals surface area contributed by atoms with E-state index in [2.05, 4.69) is 68.1 Å².